The standard InChI is InChI=1S/C16H22N6O3/c1-20-14-11(9-17-20)15(23)19-13(18-14)10-21-4-6-22(7-5-21)16(24)12-3-2-8-25-12/h9,12H,2-8,10H2,1H3,(H,18,19,23). The van der Waals surface area contributed by atoms with Crippen molar-refractivity contribution < 1.29 is 9.53 Å². The summed E-state index contributed by atoms with van der Waals surface area (Å²) in [5, 5.41) is 4.57. The van der Waals surface area contributed by atoms with Gasteiger partial charge in [0.05, 0.1) is 12.7 Å². The summed E-state index contributed by atoms with van der Waals surface area (Å²) in [4.78, 5) is 35.9. The molecule has 0 spiro atoms. The summed E-state index contributed by atoms with van der Waals surface area (Å²) in [6.07, 6.45) is 3.07. The van der Waals surface area contributed by atoms with Crippen molar-refractivity contribution in [1.82, 2.24) is 29.5 Å². The maximum Gasteiger partial charge on any atom is 0.262 e. The maximum atomic E-state index is 12.4. The number of carbonyl (C=O) groups is 1. The number of H-pyrrole nitrogens is 1. The molecule has 0 aliphatic carbocycles. The maximum absolute atomic E-state index is 12.4. The molecule has 134 valence electrons. The Morgan fingerprint density at radius 1 is 1.36 bits per heavy atom. The summed E-state index contributed by atoms with van der Waals surface area (Å²) < 4.78 is 7.09. The van der Waals surface area contributed by atoms with Gasteiger partial charge in [-0.25, -0.2) is 4.98 Å². The number of fused-ring (bicyclic) bond motifs is 1. The predicted molar refractivity (Wildman–Crippen MR) is 90.0 cm³/mol. The molecular formula is C16H22N6O3. The molecule has 0 radical (unpaired) electrons. The lowest BCUT2D eigenvalue weighted by molar-refractivity contribution is -0.142. The lowest BCUT2D eigenvalue weighted by Gasteiger charge is -2.35. The van der Waals surface area contributed by atoms with Crippen LogP contribution in [0.2, 0.25) is 0 Å². The molecule has 1 unspecified atom stereocenters. The first-order chi connectivity index (χ1) is 12.1. The molecule has 1 amide bonds. The minimum Gasteiger partial charge on any atom is -0.368 e. The molecule has 2 aromatic rings. The number of hydrogen-bond donors (Lipinski definition) is 1. The second-order valence-corrected chi connectivity index (χ2v) is 6.62. The van der Waals surface area contributed by atoms with Gasteiger partial charge in [-0.1, -0.05) is 0 Å². The largest absolute Gasteiger partial charge is 0.368 e. The van der Waals surface area contributed by atoms with Crippen LogP contribution in [-0.4, -0.2) is 74.3 Å². The third-order valence-corrected chi connectivity index (χ3v) is 4.91. The molecule has 9 heteroatoms. The quantitative estimate of drug-likeness (QED) is 0.803. The van der Waals surface area contributed by atoms with Gasteiger partial charge in [-0.05, 0) is 12.8 Å². The molecule has 2 aromatic heterocycles. The highest BCUT2D eigenvalue weighted by Gasteiger charge is 2.30. The summed E-state index contributed by atoms with van der Waals surface area (Å²) in [5.74, 6) is 0.736. The van der Waals surface area contributed by atoms with Crippen LogP contribution >= 0.6 is 0 Å². The first kappa shape index (κ1) is 16.2. The Kier molecular flexibility index (Phi) is 4.26. The number of aromatic amines is 1. The van der Waals surface area contributed by atoms with Crippen LogP contribution in [0.1, 0.15) is 18.7 Å². The number of nitrogens with one attached hydrogen (secondary N) is 1. The summed E-state index contributed by atoms with van der Waals surface area (Å²) in [6, 6.07) is 0. The molecule has 1 N–H and O–H groups in total. The van der Waals surface area contributed by atoms with Crippen molar-refractivity contribution in [3.63, 3.8) is 0 Å². The van der Waals surface area contributed by atoms with Crippen LogP contribution in [0.5, 0.6) is 0 Å². The Bertz CT molecular complexity index is 830. The van der Waals surface area contributed by atoms with Crippen molar-refractivity contribution >= 4 is 16.9 Å². The van der Waals surface area contributed by atoms with Crippen LogP contribution in [0, 0.1) is 0 Å². The Labute approximate surface area is 144 Å². The monoisotopic (exact) mass is 346 g/mol. The molecule has 2 saturated heterocycles. The molecule has 0 aromatic carbocycles. The molecule has 2 fully saturated rings. The minimum atomic E-state index is -0.253. The van der Waals surface area contributed by atoms with Crippen molar-refractivity contribution in [2.75, 3.05) is 32.8 Å². The highest BCUT2D eigenvalue weighted by atomic mass is 16.5. The summed E-state index contributed by atoms with van der Waals surface area (Å²) in [5.41, 5.74) is 0.422. The van der Waals surface area contributed by atoms with E-state index in [-0.39, 0.29) is 17.6 Å². The van der Waals surface area contributed by atoms with E-state index in [1.165, 1.54) is 6.20 Å². The van der Waals surface area contributed by atoms with Gasteiger partial charge in [-0.3, -0.25) is 19.2 Å². The number of nitrogens with zero attached hydrogens (tertiary/aromatic N) is 5. The first-order valence-electron chi connectivity index (χ1n) is 8.65. The van der Waals surface area contributed by atoms with E-state index >= 15 is 0 Å². The lowest BCUT2D eigenvalue weighted by Crippen LogP contribution is -2.51. The molecule has 0 saturated carbocycles. The molecule has 4 rings (SSSR count). The highest BCUT2D eigenvalue weighted by Crippen LogP contribution is 2.16. The molecule has 0 bridgehead atoms. The van der Waals surface area contributed by atoms with Gasteiger partial charge in [0.2, 0.25) is 0 Å². The fraction of sp³-hybridized carbons (Fsp3) is 0.625. The Hall–Kier alpha value is -2.26. The van der Waals surface area contributed by atoms with Crippen LogP contribution < -0.4 is 5.56 Å². The Balaban J connectivity index is 1.39. The second kappa shape index (κ2) is 6.57. The average molecular weight is 346 g/mol. The van der Waals surface area contributed by atoms with Gasteiger partial charge in [0.15, 0.2) is 5.65 Å². The van der Waals surface area contributed by atoms with Crippen molar-refractivity contribution in [3.05, 3.63) is 22.4 Å². The van der Waals surface area contributed by atoms with Crippen LogP contribution in [0.3, 0.4) is 0 Å². The van der Waals surface area contributed by atoms with Crippen LogP contribution in [0.25, 0.3) is 11.0 Å². The van der Waals surface area contributed by atoms with Gasteiger partial charge in [0, 0.05) is 39.8 Å². The number of aryl methyl sites for hydroxylation is 1. The molecule has 2 aliphatic heterocycles. The zero-order valence-corrected chi connectivity index (χ0v) is 14.3. The normalized spacial score (nSPS) is 22.0. The number of piperazine rings is 1. The van der Waals surface area contributed by atoms with Crippen LogP contribution in [0.15, 0.2) is 11.0 Å². The number of aromatic nitrogens is 4. The first-order valence-corrected chi connectivity index (χ1v) is 8.65. The summed E-state index contributed by atoms with van der Waals surface area (Å²) in [7, 11) is 1.77. The van der Waals surface area contributed by atoms with E-state index in [0.717, 1.165) is 25.9 Å². The molecule has 25 heavy (non-hydrogen) atoms. The third-order valence-electron chi connectivity index (χ3n) is 4.91. The minimum absolute atomic E-state index is 0.111. The van der Waals surface area contributed by atoms with E-state index in [9.17, 15) is 9.59 Å². The number of carbonyl (C=O) groups excluding carboxylic acids is 1. The van der Waals surface area contributed by atoms with Gasteiger partial charge in [0.1, 0.15) is 17.3 Å². The van der Waals surface area contributed by atoms with E-state index in [0.29, 0.717) is 43.1 Å². The molecule has 1 atom stereocenters. The number of ether oxygens (including phenoxy) is 1. The Morgan fingerprint density at radius 3 is 2.88 bits per heavy atom. The second-order valence-electron chi connectivity index (χ2n) is 6.62. The molecular weight excluding hydrogens is 324 g/mol. The smallest absolute Gasteiger partial charge is 0.262 e. The number of rotatable bonds is 3. The van der Waals surface area contributed by atoms with E-state index in [1.54, 1.807) is 11.7 Å². The predicted octanol–water partition coefficient (Wildman–Crippen LogP) is -0.520. The summed E-state index contributed by atoms with van der Waals surface area (Å²) in [6.45, 7) is 4.11. The topological polar surface area (TPSA) is 96.4 Å². The van der Waals surface area contributed by atoms with Gasteiger partial charge in [-0.15, -0.1) is 0 Å². The van der Waals surface area contributed by atoms with Gasteiger partial charge in [0.25, 0.3) is 11.5 Å². The fourth-order valence-electron chi connectivity index (χ4n) is 3.47. The zero-order chi connectivity index (χ0) is 17.4. The van der Waals surface area contributed by atoms with Gasteiger partial charge >= 0.3 is 0 Å². The van der Waals surface area contributed by atoms with Crippen molar-refractivity contribution in [2.45, 2.75) is 25.5 Å². The van der Waals surface area contributed by atoms with Crippen LogP contribution in [0.4, 0.5) is 0 Å². The zero-order valence-electron chi connectivity index (χ0n) is 14.3. The third kappa shape index (κ3) is 3.16. The molecule has 9 nitrogen and oxygen atoms in total. The van der Waals surface area contributed by atoms with Crippen molar-refractivity contribution in [3.8, 4) is 0 Å². The average Bonchev–Trinajstić information content (AvgIpc) is 3.26. The summed E-state index contributed by atoms with van der Waals surface area (Å²) >= 11 is 0. The Morgan fingerprint density at radius 2 is 2.16 bits per heavy atom. The van der Waals surface area contributed by atoms with Gasteiger partial charge in [-0.2, -0.15) is 5.10 Å². The van der Waals surface area contributed by atoms with E-state index in [4.69, 9.17) is 4.74 Å². The highest BCUT2D eigenvalue weighted by molar-refractivity contribution is 5.81. The lowest BCUT2D eigenvalue weighted by atomic mass is 10.2. The number of hydrogen-bond acceptors (Lipinski definition) is 6. The number of amides is 1. The van der Waals surface area contributed by atoms with Crippen LogP contribution in [-0.2, 0) is 23.1 Å². The van der Waals surface area contributed by atoms with E-state index in [2.05, 4.69) is 20.0 Å². The SMILES string of the molecule is Cn1ncc2c(=O)[nH]c(CN3CCN(C(=O)C4CCCO4)CC3)nc21. The van der Waals surface area contributed by atoms with E-state index < -0.39 is 0 Å². The van der Waals surface area contributed by atoms with E-state index in [1.807, 2.05) is 4.90 Å². The van der Waals surface area contributed by atoms with Crippen molar-refractivity contribution in [2.24, 2.45) is 7.05 Å². The van der Waals surface area contributed by atoms with Crippen molar-refractivity contribution in [1.29, 1.82) is 0 Å². The molecule has 2 aliphatic rings. The van der Waals surface area contributed by atoms with Gasteiger partial charge < -0.3 is 14.6 Å². The fourth-order valence-corrected chi connectivity index (χ4v) is 3.47. The molecule has 4 heterocycles.